The number of aromatic nitrogens is 2. The van der Waals surface area contributed by atoms with Crippen molar-refractivity contribution in [2.75, 3.05) is 13.1 Å². The van der Waals surface area contributed by atoms with Crippen LogP contribution < -0.4 is 0 Å². The van der Waals surface area contributed by atoms with Gasteiger partial charge in [0.25, 0.3) is 5.91 Å². The maximum Gasteiger partial charge on any atom is 0.410 e. The van der Waals surface area contributed by atoms with Gasteiger partial charge in [-0.1, -0.05) is 11.6 Å². The van der Waals surface area contributed by atoms with Crippen LogP contribution in [0.5, 0.6) is 0 Å². The fourth-order valence-corrected chi connectivity index (χ4v) is 4.74. The normalized spacial score (nSPS) is 18.5. The second-order valence-corrected chi connectivity index (χ2v) is 9.92. The number of rotatable bonds is 2. The molecule has 1 aromatic carbocycles. The Kier molecular flexibility index (Phi) is 6.12. The molecular formula is C24H29ClN4O3. The molecule has 0 radical (unpaired) electrons. The molecule has 3 heterocycles. The Morgan fingerprint density at radius 3 is 2.66 bits per heavy atom. The highest BCUT2D eigenvalue weighted by Gasteiger charge is 2.36. The van der Waals surface area contributed by atoms with Crippen LogP contribution in [-0.4, -0.2) is 50.5 Å². The van der Waals surface area contributed by atoms with Crippen molar-refractivity contribution >= 4 is 23.6 Å². The van der Waals surface area contributed by atoms with E-state index < -0.39 is 5.60 Å². The first-order valence-electron chi connectivity index (χ1n) is 11.0. The first kappa shape index (κ1) is 22.5. The van der Waals surface area contributed by atoms with Crippen molar-refractivity contribution in [1.82, 2.24) is 19.8 Å². The Bertz CT molecular complexity index is 1050. The van der Waals surface area contributed by atoms with Crippen LogP contribution in [-0.2, 0) is 17.7 Å². The third-order valence-electron chi connectivity index (χ3n) is 5.89. The number of carbonyl (C=O) groups is 2. The van der Waals surface area contributed by atoms with Crippen molar-refractivity contribution in [1.29, 1.82) is 0 Å². The van der Waals surface area contributed by atoms with Crippen LogP contribution in [0.3, 0.4) is 0 Å². The van der Waals surface area contributed by atoms with Crippen molar-refractivity contribution in [2.24, 2.45) is 0 Å². The molecule has 2 aliphatic heterocycles. The fraction of sp³-hybridized carbons (Fsp3) is 0.500. The lowest BCUT2D eigenvalue weighted by Crippen LogP contribution is -2.39. The molecule has 8 heteroatoms. The molecule has 0 aliphatic carbocycles. The Hall–Kier alpha value is -2.67. The van der Waals surface area contributed by atoms with Gasteiger partial charge in [-0.25, -0.2) is 14.8 Å². The maximum absolute atomic E-state index is 13.1. The average molecular weight is 457 g/mol. The zero-order valence-electron chi connectivity index (χ0n) is 19.0. The number of hydrogen-bond donors (Lipinski definition) is 0. The highest BCUT2D eigenvalue weighted by molar-refractivity contribution is 6.30. The van der Waals surface area contributed by atoms with Crippen LogP contribution in [0.2, 0.25) is 5.02 Å². The highest BCUT2D eigenvalue weighted by Crippen LogP contribution is 2.39. The topological polar surface area (TPSA) is 75.6 Å². The Balaban J connectivity index is 1.64. The number of nitrogens with zero attached hydrogens (tertiary/aromatic N) is 4. The van der Waals surface area contributed by atoms with E-state index in [1.807, 2.05) is 44.7 Å². The Morgan fingerprint density at radius 1 is 1.16 bits per heavy atom. The van der Waals surface area contributed by atoms with E-state index in [0.29, 0.717) is 36.8 Å². The molecule has 32 heavy (non-hydrogen) atoms. The number of benzene rings is 1. The molecule has 170 valence electrons. The standard InChI is InChI=1S/C24H29ClN4O3/c1-15-10-20(27-14-26-15)22(30)28-9-7-16-11-17(25)12-18(19(16)13-28)21-6-5-8-29(21)23(31)32-24(2,3)4/h10-12,14,21H,5-9,13H2,1-4H3. The summed E-state index contributed by atoms with van der Waals surface area (Å²) >= 11 is 6.47. The largest absolute Gasteiger partial charge is 0.444 e. The minimum absolute atomic E-state index is 0.113. The van der Waals surface area contributed by atoms with E-state index in [9.17, 15) is 9.59 Å². The van der Waals surface area contributed by atoms with Gasteiger partial charge in [-0.3, -0.25) is 4.79 Å². The predicted octanol–water partition coefficient (Wildman–Crippen LogP) is 4.71. The molecule has 7 nitrogen and oxygen atoms in total. The summed E-state index contributed by atoms with van der Waals surface area (Å²) < 4.78 is 5.65. The third-order valence-corrected chi connectivity index (χ3v) is 6.11. The quantitative estimate of drug-likeness (QED) is 0.654. The summed E-state index contributed by atoms with van der Waals surface area (Å²) in [5.74, 6) is -0.113. The van der Waals surface area contributed by atoms with Crippen molar-refractivity contribution in [3.05, 3.63) is 57.6 Å². The summed E-state index contributed by atoms with van der Waals surface area (Å²) in [5, 5.41) is 0.654. The van der Waals surface area contributed by atoms with Gasteiger partial charge in [0, 0.05) is 30.4 Å². The van der Waals surface area contributed by atoms with E-state index in [4.69, 9.17) is 16.3 Å². The Labute approximate surface area is 193 Å². The van der Waals surface area contributed by atoms with Gasteiger partial charge in [0.1, 0.15) is 17.6 Å². The highest BCUT2D eigenvalue weighted by atomic mass is 35.5. The minimum atomic E-state index is -0.559. The number of amides is 2. The lowest BCUT2D eigenvalue weighted by atomic mass is 9.90. The van der Waals surface area contributed by atoms with Crippen molar-refractivity contribution < 1.29 is 14.3 Å². The number of likely N-dealkylation sites (tertiary alicyclic amines) is 1. The Morgan fingerprint density at radius 2 is 1.94 bits per heavy atom. The van der Waals surface area contributed by atoms with Crippen LogP contribution in [0.25, 0.3) is 0 Å². The molecule has 1 atom stereocenters. The number of hydrogen-bond acceptors (Lipinski definition) is 5. The van der Waals surface area contributed by atoms with Gasteiger partial charge in [0.2, 0.25) is 0 Å². The molecule has 1 fully saturated rings. The van der Waals surface area contributed by atoms with E-state index in [-0.39, 0.29) is 18.0 Å². The molecule has 1 saturated heterocycles. The lowest BCUT2D eigenvalue weighted by molar-refractivity contribution is 0.0222. The first-order valence-corrected chi connectivity index (χ1v) is 11.4. The fourth-order valence-electron chi connectivity index (χ4n) is 4.49. The SMILES string of the molecule is Cc1cc(C(=O)N2CCc3cc(Cl)cc(C4CCCN4C(=O)OC(C)(C)C)c3C2)ncn1. The summed E-state index contributed by atoms with van der Waals surface area (Å²) in [7, 11) is 0. The van der Waals surface area contributed by atoms with E-state index in [0.717, 1.165) is 35.2 Å². The zero-order chi connectivity index (χ0) is 23.0. The predicted molar refractivity (Wildman–Crippen MR) is 122 cm³/mol. The van der Waals surface area contributed by atoms with Crippen LogP contribution in [0.4, 0.5) is 4.79 Å². The van der Waals surface area contributed by atoms with Gasteiger partial charge in [0.05, 0.1) is 6.04 Å². The van der Waals surface area contributed by atoms with Crippen LogP contribution in [0.1, 0.15) is 72.5 Å². The number of fused-ring (bicyclic) bond motifs is 1. The summed E-state index contributed by atoms with van der Waals surface area (Å²) in [4.78, 5) is 37.9. The number of halogens is 1. The summed E-state index contributed by atoms with van der Waals surface area (Å²) in [6.07, 6.45) is 3.55. The molecule has 0 saturated carbocycles. The zero-order valence-corrected chi connectivity index (χ0v) is 19.8. The summed E-state index contributed by atoms with van der Waals surface area (Å²) in [6.45, 7) is 9.15. The molecular weight excluding hydrogens is 428 g/mol. The molecule has 4 rings (SSSR count). The van der Waals surface area contributed by atoms with Gasteiger partial charge in [0.15, 0.2) is 0 Å². The van der Waals surface area contributed by atoms with E-state index in [1.165, 1.54) is 6.33 Å². The molecule has 0 bridgehead atoms. The van der Waals surface area contributed by atoms with Crippen molar-refractivity contribution in [3.8, 4) is 0 Å². The second kappa shape index (κ2) is 8.70. The van der Waals surface area contributed by atoms with E-state index in [1.54, 1.807) is 11.0 Å². The number of aryl methyl sites for hydroxylation is 1. The van der Waals surface area contributed by atoms with Gasteiger partial charge in [-0.05, 0) is 81.8 Å². The van der Waals surface area contributed by atoms with E-state index >= 15 is 0 Å². The number of carbonyl (C=O) groups excluding carboxylic acids is 2. The van der Waals surface area contributed by atoms with Gasteiger partial charge >= 0.3 is 6.09 Å². The first-order chi connectivity index (χ1) is 15.1. The van der Waals surface area contributed by atoms with Crippen LogP contribution in [0.15, 0.2) is 24.5 Å². The van der Waals surface area contributed by atoms with Crippen molar-refractivity contribution in [3.63, 3.8) is 0 Å². The summed E-state index contributed by atoms with van der Waals surface area (Å²) in [6, 6.07) is 5.51. The maximum atomic E-state index is 13.1. The minimum Gasteiger partial charge on any atom is -0.444 e. The third kappa shape index (κ3) is 4.72. The van der Waals surface area contributed by atoms with Gasteiger partial charge in [-0.2, -0.15) is 0 Å². The molecule has 2 aliphatic rings. The lowest BCUT2D eigenvalue weighted by Gasteiger charge is -2.34. The molecule has 1 aromatic heterocycles. The monoisotopic (exact) mass is 456 g/mol. The molecule has 0 spiro atoms. The molecule has 2 amide bonds. The van der Waals surface area contributed by atoms with Gasteiger partial charge < -0.3 is 14.5 Å². The summed E-state index contributed by atoms with van der Waals surface area (Å²) in [5.41, 5.74) is 3.80. The average Bonchev–Trinajstić information content (AvgIpc) is 3.21. The smallest absolute Gasteiger partial charge is 0.410 e. The van der Waals surface area contributed by atoms with Crippen molar-refractivity contribution in [2.45, 2.75) is 65.1 Å². The molecule has 0 N–H and O–H groups in total. The molecule has 2 aromatic rings. The van der Waals surface area contributed by atoms with E-state index in [2.05, 4.69) is 9.97 Å². The number of ether oxygens (including phenoxy) is 1. The van der Waals surface area contributed by atoms with Gasteiger partial charge in [-0.15, -0.1) is 0 Å². The van der Waals surface area contributed by atoms with Crippen LogP contribution in [0, 0.1) is 6.92 Å². The van der Waals surface area contributed by atoms with Crippen LogP contribution >= 0.6 is 11.6 Å². The second-order valence-electron chi connectivity index (χ2n) is 9.49. The molecule has 1 unspecified atom stereocenters.